The van der Waals surface area contributed by atoms with Crippen LogP contribution in [-0.4, -0.2) is 15.8 Å². The van der Waals surface area contributed by atoms with Crippen molar-refractivity contribution in [2.45, 2.75) is 46.3 Å². The van der Waals surface area contributed by atoms with Gasteiger partial charge in [-0.05, 0) is 34.6 Å². The summed E-state index contributed by atoms with van der Waals surface area (Å²) >= 11 is 0. The summed E-state index contributed by atoms with van der Waals surface area (Å²) in [5.41, 5.74) is 3.46. The molecule has 0 saturated heterocycles. The molecule has 3 rings (SSSR count). The summed E-state index contributed by atoms with van der Waals surface area (Å²) in [6.07, 6.45) is 4.57. The average Bonchev–Trinajstić information content (AvgIpc) is 3.19. The van der Waals surface area contributed by atoms with E-state index in [2.05, 4.69) is 54.7 Å². The minimum atomic E-state index is -0.156. The Labute approximate surface area is 173 Å². The number of nitrogens with zero attached hydrogens (tertiary/aromatic N) is 2. The average molecular weight is 391 g/mol. The summed E-state index contributed by atoms with van der Waals surface area (Å²) in [6, 6.07) is 20.0. The smallest absolute Gasteiger partial charge is 0.315 e. The zero-order valence-corrected chi connectivity index (χ0v) is 17.4. The molecule has 152 valence electrons. The van der Waals surface area contributed by atoms with Gasteiger partial charge in [-0.3, -0.25) is 4.68 Å². The molecule has 2 aromatic carbocycles. The van der Waals surface area contributed by atoms with Crippen molar-refractivity contribution in [3.63, 3.8) is 0 Å². The molecule has 29 heavy (non-hydrogen) atoms. The molecule has 1 aromatic heterocycles. The summed E-state index contributed by atoms with van der Waals surface area (Å²) in [6.45, 7) is 7.72. The van der Waals surface area contributed by atoms with E-state index in [-0.39, 0.29) is 17.5 Å². The molecule has 0 saturated carbocycles. The zero-order valence-electron chi connectivity index (χ0n) is 17.4. The lowest BCUT2D eigenvalue weighted by atomic mass is 9.85. The number of urea groups is 1. The van der Waals surface area contributed by atoms with E-state index < -0.39 is 0 Å². The fourth-order valence-corrected chi connectivity index (χ4v) is 3.39. The second-order valence-electron chi connectivity index (χ2n) is 8.53. The van der Waals surface area contributed by atoms with Gasteiger partial charge >= 0.3 is 6.03 Å². The van der Waals surface area contributed by atoms with Crippen LogP contribution in [-0.2, 0) is 13.1 Å². The molecule has 0 fully saturated rings. The highest BCUT2D eigenvalue weighted by molar-refractivity contribution is 5.74. The molecule has 1 unspecified atom stereocenters. The number of carbonyl (C=O) groups excluding carboxylic acids is 1. The van der Waals surface area contributed by atoms with E-state index in [9.17, 15) is 4.79 Å². The molecular formula is C24H30N4O. The number of hydrogen-bond acceptors (Lipinski definition) is 2. The van der Waals surface area contributed by atoms with Crippen molar-refractivity contribution in [3.8, 4) is 0 Å². The van der Waals surface area contributed by atoms with E-state index in [1.54, 1.807) is 6.20 Å². The lowest BCUT2D eigenvalue weighted by Gasteiger charge is -2.27. The predicted molar refractivity (Wildman–Crippen MR) is 116 cm³/mol. The van der Waals surface area contributed by atoms with Crippen LogP contribution in [0.15, 0.2) is 73.1 Å². The van der Waals surface area contributed by atoms with Crippen LogP contribution in [0.5, 0.6) is 0 Å². The van der Waals surface area contributed by atoms with Crippen LogP contribution in [0.4, 0.5) is 4.79 Å². The van der Waals surface area contributed by atoms with Gasteiger partial charge in [0.15, 0.2) is 0 Å². The highest BCUT2D eigenvalue weighted by Gasteiger charge is 2.22. The van der Waals surface area contributed by atoms with Gasteiger partial charge in [0.25, 0.3) is 0 Å². The Kier molecular flexibility index (Phi) is 6.70. The Balaban J connectivity index is 1.64. The Hall–Kier alpha value is -3.08. The fourth-order valence-electron chi connectivity index (χ4n) is 3.39. The van der Waals surface area contributed by atoms with Crippen LogP contribution in [0.3, 0.4) is 0 Å². The zero-order chi connectivity index (χ0) is 20.7. The van der Waals surface area contributed by atoms with Crippen molar-refractivity contribution in [2.24, 2.45) is 5.41 Å². The summed E-state index contributed by atoms with van der Waals surface area (Å²) in [7, 11) is 0. The van der Waals surface area contributed by atoms with Crippen LogP contribution >= 0.6 is 0 Å². The third-order valence-corrected chi connectivity index (χ3v) is 4.77. The van der Waals surface area contributed by atoms with Crippen LogP contribution in [0, 0.1) is 5.41 Å². The quantitative estimate of drug-likeness (QED) is 0.602. The largest absolute Gasteiger partial charge is 0.334 e. The molecule has 1 atom stereocenters. The molecule has 0 bridgehead atoms. The monoisotopic (exact) mass is 390 g/mol. The second kappa shape index (κ2) is 9.41. The Bertz CT molecular complexity index is 898. The molecule has 2 amide bonds. The lowest BCUT2D eigenvalue weighted by molar-refractivity contribution is 0.230. The molecule has 0 spiro atoms. The number of benzene rings is 2. The molecule has 3 aromatic rings. The van der Waals surface area contributed by atoms with Gasteiger partial charge in [0.2, 0.25) is 0 Å². The molecular weight excluding hydrogens is 360 g/mol. The normalized spacial score (nSPS) is 12.4. The van der Waals surface area contributed by atoms with Crippen molar-refractivity contribution >= 4 is 6.03 Å². The Morgan fingerprint density at radius 2 is 1.69 bits per heavy atom. The molecule has 5 heteroatoms. The summed E-state index contributed by atoms with van der Waals surface area (Å²) in [5, 5.41) is 10.5. The molecule has 0 radical (unpaired) electrons. The van der Waals surface area contributed by atoms with Gasteiger partial charge in [0.1, 0.15) is 0 Å². The standard InChI is InChI=1S/C24H30N4O/c1-24(2,3)16-22(19-10-5-4-6-11-19)27-23(29)25-17-20-12-7-8-13-21(20)18-28-15-9-14-26-28/h4-15,22H,16-18H2,1-3H3,(H2,25,27,29). The predicted octanol–water partition coefficient (Wildman–Crippen LogP) is 4.91. The lowest BCUT2D eigenvalue weighted by Crippen LogP contribution is -2.39. The summed E-state index contributed by atoms with van der Waals surface area (Å²) in [4.78, 5) is 12.7. The van der Waals surface area contributed by atoms with Crippen molar-refractivity contribution in [3.05, 3.63) is 89.7 Å². The molecule has 5 nitrogen and oxygen atoms in total. The van der Waals surface area contributed by atoms with E-state index >= 15 is 0 Å². The van der Waals surface area contributed by atoms with Crippen molar-refractivity contribution in [1.82, 2.24) is 20.4 Å². The van der Waals surface area contributed by atoms with Crippen LogP contribution < -0.4 is 10.6 Å². The Morgan fingerprint density at radius 1 is 1.00 bits per heavy atom. The molecule has 1 heterocycles. The first kappa shape index (κ1) is 20.6. The molecule has 0 aliphatic rings. The minimum absolute atomic E-state index is 0.0319. The first-order valence-corrected chi connectivity index (χ1v) is 10.0. The van der Waals surface area contributed by atoms with E-state index in [0.717, 1.165) is 23.1 Å². The third-order valence-electron chi connectivity index (χ3n) is 4.77. The number of hydrogen-bond donors (Lipinski definition) is 2. The highest BCUT2D eigenvalue weighted by Crippen LogP contribution is 2.29. The first-order chi connectivity index (χ1) is 13.9. The van der Waals surface area contributed by atoms with Gasteiger partial charge in [-0.25, -0.2) is 4.79 Å². The topological polar surface area (TPSA) is 59.0 Å². The highest BCUT2D eigenvalue weighted by atomic mass is 16.2. The number of amides is 2. The molecule has 2 N–H and O–H groups in total. The van der Waals surface area contributed by atoms with Crippen LogP contribution in [0.1, 0.15) is 49.9 Å². The van der Waals surface area contributed by atoms with Crippen LogP contribution in [0.25, 0.3) is 0 Å². The van der Waals surface area contributed by atoms with Gasteiger partial charge in [-0.15, -0.1) is 0 Å². The van der Waals surface area contributed by atoms with Gasteiger partial charge < -0.3 is 10.6 Å². The fraction of sp³-hybridized carbons (Fsp3) is 0.333. The number of carbonyl (C=O) groups is 1. The summed E-state index contributed by atoms with van der Waals surface area (Å²) in [5.74, 6) is 0. The van der Waals surface area contributed by atoms with Gasteiger partial charge in [0.05, 0.1) is 12.6 Å². The maximum atomic E-state index is 12.7. The number of nitrogens with one attached hydrogen (secondary N) is 2. The minimum Gasteiger partial charge on any atom is -0.334 e. The molecule has 0 aliphatic carbocycles. The number of rotatable bonds is 7. The Morgan fingerprint density at radius 3 is 2.34 bits per heavy atom. The van der Waals surface area contributed by atoms with E-state index in [0.29, 0.717) is 13.1 Å². The second-order valence-corrected chi connectivity index (χ2v) is 8.53. The van der Waals surface area contributed by atoms with Crippen molar-refractivity contribution in [1.29, 1.82) is 0 Å². The van der Waals surface area contributed by atoms with E-state index in [4.69, 9.17) is 0 Å². The van der Waals surface area contributed by atoms with Crippen molar-refractivity contribution in [2.75, 3.05) is 0 Å². The van der Waals surface area contributed by atoms with Gasteiger partial charge in [-0.1, -0.05) is 75.4 Å². The van der Waals surface area contributed by atoms with E-state index in [1.165, 1.54) is 0 Å². The van der Waals surface area contributed by atoms with Crippen molar-refractivity contribution < 1.29 is 4.79 Å². The van der Waals surface area contributed by atoms with E-state index in [1.807, 2.05) is 53.3 Å². The van der Waals surface area contributed by atoms with Gasteiger partial charge in [0, 0.05) is 18.9 Å². The summed E-state index contributed by atoms with van der Waals surface area (Å²) < 4.78 is 1.88. The van der Waals surface area contributed by atoms with Crippen LogP contribution in [0.2, 0.25) is 0 Å². The van der Waals surface area contributed by atoms with Gasteiger partial charge in [-0.2, -0.15) is 5.10 Å². The first-order valence-electron chi connectivity index (χ1n) is 10.0. The SMILES string of the molecule is CC(C)(C)CC(NC(=O)NCc1ccccc1Cn1cccn1)c1ccccc1. The maximum absolute atomic E-state index is 12.7. The molecule has 0 aliphatic heterocycles. The third kappa shape index (κ3) is 6.49. The number of aromatic nitrogens is 2. The maximum Gasteiger partial charge on any atom is 0.315 e.